The zero-order chi connectivity index (χ0) is 16.8. The van der Waals surface area contributed by atoms with Gasteiger partial charge in [-0.1, -0.05) is 29.8 Å². The summed E-state index contributed by atoms with van der Waals surface area (Å²) in [6.45, 7) is 6.17. The van der Waals surface area contributed by atoms with Crippen LogP contribution in [0.4, 0.5) is 0 Å². The van der Waals surface area contributed by atoms with E-state index in [1.165, 1.54) is 0 Å². The highest BCUT2D eigenvalue weighted by atomic mass is 35.5. The Balaban J connectivity index is 2.58. The molecule has 0 heterocycles. The lowest BCUT2D eigenvalue weighted by molar-refractivity contribution is -0.153. The van der Waals surface area contributed by atoms with Gasteiger partial charge in [-0.15, -0.1) is 0 Å². The van der Waals surface area contributed by atoms with E-state index in [-0.39, 0.29) is 12.5 Å². The van der Waals surface area contributed by atoms with Crippen molar-refractivity contribution in [3.63, 3.8) is 0 Å². The predicted molar refractivity (Wildman–Crippen MR) is 90.1 cm³/mol. The lowest BCUT2D eigenvalue weighted by Gasteiger charge is -2.24. The summed E-state index contributed by atoms with van der Waals surface area (Å²) in [6.07, 6.45) is 0. The second-order valence-corrected chi connectivity index (χ2v) is 6.34. The van der Waals surface area contributed by atoms with E-state index in [1.54, 1.807) is 7.05 Å². The van der Waals surface area contributed by atoms with Crippen molar-refractivity contribution in [3.8, 4) is 0 Å². The van der Waals surface area contributed by atoms with Gasteiger partial charge in [0.1, 0.15) is 12.1 Å². The van der Waals surface area contributed by atoms with Crippen molar-refractivity contribution in [1.82, 2.24) is 10.2 Å². The number of nitrogens with one attached hydrogen (secondary N) is 1. The van der Waals surface area contributed by atoms with Crippen LogP contribution < -0.4 is 5.32 Å². The summed E-state index contributed by atoms with van der Waals surface area (Å²) in [5.41, 5.74) is 0.498. The molecule has 1 aromatic rings. The largest absolute Gasteiger partial charge is 0.459 e. The topological polar surface area (TPSA) is 53.9 Å². The molecule has 1 aromatic carbocycles. The normalized spacial score (nSPS) is 12.0. The molecule has 1 rings (SSSR count). The van der Waals surface area contributed by atoms with Gasteiger partial charge in [0.15, 0.2) is 5.96 Å². The minimum Gasteiger partial charge on any atom is -0.459 e. The van der Waals surface area contributed by atoms with Crippen LogP contribution in [-0.2, 0) is 16.1 Å². The highest BCUT2D eigenvalue weighted by Crippen LogP contribution is 2.16. The Kier molecular flexibility index (Phi) is 6.68. The van der Waals surface area contributed by atoms with Gasteiger partial charge >= 0.3 is 5.97 Å². The summed E-state index contributed by atoms with van der Waals surface area (Å²) in [6, 6.07) is 7.63. The molecule has 122 valence electrons. The summed E-state index contributed by atoms with van der Waals surface area (Å²) in [5, 5.41) is 3.70. The summed E-state index contributed by atoms with van der Waals surface area (Å²) in [4.78, 5) is 17.8. The molecule has 0 saturated heterocycles. The Labute approximate surface area is 137 Å². The Bertz CT molecular complexity index is 538. The van der Waals surface area contributed by atoms with Gasteiger partial charge in [-0.05, 0) is 32.4 Å². The fourth-order valence-corrected chi connectivity index (χ4v) is 2.07. The van der Waals surface area contributed by atoms with E-state index in [4.69, 9.17) is 16.3 Å². The number of halogens is 1. The average molecular weight is 326 g/mol. The first-order valence-electron chi connectivity index (χ1n) is 7.10. The molecule has 0 spiro atoms. The van der Waals surface area contributed by atoms with E-state index in [9.17, 15) is 4.79 Å². The van der Waals surface area contributed by atoms with Gasteiger partial charge in [0.25, 0.3) is 0 Å². The molecular formula is C16H24ClN3O2. The Morgan fingerprint density at radius 1 is 1.36 bits per heavy atom. The number of hydrogen-bond acceptors (Lipinski definition) is 3. The lowest BCUT2D eigenvalue weighted by Crippen LogP contribution is -2.42. The number of benzene rings is 1. The average Bonchev–Trinajstić information content (AvgIpc) is 2.40. The highest BCUT2D eigenvalue weighted by Gasteiger charge is 2.17. The zero-order valence-corrected chi connectivity index (χ0v) is 14.6. The van der Waals surface area contributed by atoms with Crippen LogP contribution in [0.1, 0.15) is 26.3 Å². The van der Waals surface area contributed by atoms with Crippen LogP contribution in [-0.4, -0.2) is 43.1 Å². The van der Waals surface area contributed by atoms with Crippen molar-refractivity contribution in [3.05, 3.63) is 34.9 Å². The number of hydrogen-bond donors (Lipinski definition) is 1. The fourth-order valence-electron chi connectivity index (χ4n) is 1.87. The molecule has 0 radical (unpaired) electrons. The van der Waals surface area contributed by atoms with Crippen LogP contribution >= 0.6 is 11.6 Å². The van der Waals surface area contributed by atoms with Crippen LogP contribution in [0.3, 0.4) is 0 Å². The van der Waals surface area contributed by atoms with Gasteiger partial charge in [0, 0.05) is 25.7 Å². The molecule has 22 heavy (non-hydrogen) atoms. The maximum Gasteiger partial charge on any atom is 0.325 e. The first-order valence-corrected chi connectivity index (χ1v) is 7.48. The van der Waals surface area contributed by atoms with E-state index in [0.29, 0.717) is 17.5 Å². The zero-order valence-electron chi connectivity index (χ0n) is 13.8. The molecule has 5 nitrogen and oxygen atoms in total. The van der Waals surface area contributed by atoms with E-state index >= 15 is 0 Å². The number of nitrogens with zero attached hydrogens (tertiary/aromatic N) is 2. The first kappa shape index (κ1) is 18.3. The third-order valence-corrected chi connectivity index (χ3v) is 3.12. The SMILES string of the molecule is CN=C(NCC(=O)OC(C)(C)C)N(C)Cc1ccccc1Cl. The Morgan fingerprint density at radius 2 is 2.00 bits per heavy atom. The second kappa shape index (κ2) is 8.03. The molecule has 0 unspecified atom stereocenters. The molecule has 0 aliphatic carbocycles. The molecule has 0 saturated carbocycles. The van der Waals surface area contributed by atoms with Crippen molar-refractivity contribution >= 4 is 23.5 Å². The minimum absolute atomic E-state index is 0.0663. The number of carbonyl (C=O) groups is 1. The summed E-state index contributed by atoms with van der Waals surface area (Å²) >= 11 is 6.16. The van der Waals surface area contributed by atoms with Crippen molar-refractivity contribution in [2.24, 2.45) is 4.99 Å². The monoisotopic (exact) mass is 325 g/mol. The quantitative estimate of drug-likeness (QED) is 0.525. The Morgan fingerprint density at radius 3 is 2.55 bits per heavy atom. The third-order valence-electron chi connectivity index (χ3n) is 2.75. The maximum atomic E-state index is 11.7. The first-order chi connectivity index (χ1) is 10.2. The van der Waals surface area contributed by atoms with E-state index in [2.05, 4.69) is 10.3 Å². The molecular weight excluding hydrogens is 302 g/mol. The minimum atomic E-state index is -0.494. The number of esters is 1. The second-order valence-electron chi connectivity index (χ2n) is 5.93. The summed E-state index contributed by atoms with van der Waals surface area (Å²) in [5.74, 6) is 0.283. The highest BCUT2D eigenvalue weighted by molar-refractivity contribution is 6.31. The van der Waals surface area contributed by atoms with E-state index in [0.717, 1.165) is 5.56 Å². The Hall–Kier alpha value is -1.75. The molecule has 0 fully saturated rings. The third kappa shape index (κ3) is 6.35. The van der Waals surface area contributed by atoms with Gasteiger partial charge in [-0.25, -0.2) is 0 Å². The summed E-state index contributed by atoms with van der Waals surface area (Å²) in [7, 11) is 3.55. The van der Waals surface area contributed by atoms with Gasteiger partial charge < -0.3 is 15.0 Å². The van der Waals surface area contributed by atoms with Crippen LogP contribution in [0.2, 0.25) is 5.02 Å². The number of aliphatic imine (C=N–C) groups is 1. The standard InChI is InChI=1S/C16H24ClN3O2/c1-16(2,3)22-14(21)10-19-15(18-4)20(5)11-12-8-6-7-9-13(12)17/h6-9H,10-11H2,1-5H3,(H,18,19). The van der Waals surface area contributed by atoms with Crippen molar-refractivity contribution in [1.29, 1.82) is 0 Å². The molecule has 1 N–H and O–H groups in total. The predicted octanol–water partition coefficient (Wildman–Crippen LogP) is 2.69. The van der Waals surface area contributed by atoms with Crippen molar-refractivity contribution in [2.75, 3.05) is 20.6 Å². The lowest BCUT2D eigenvalue weighted by atomic mass is 10.2. The molecule has 0 amide bonds. The van der Waals surface area contributed by atoms with Gasteiger partial charge in [0.2, 0.25) is 0 Å². The molecule has 6 heteroatoms. The molecule has 0 aliphatic rings. The molecule has 0 bridgehead atoms. The van der Waals surface area contributed by atoms with Gasteiger partial charge in [-0.3, -0.25) is 9.79 Å². The van der Waals surface area contributed by atoms with Crippen LogP contribution in [0.5, 0.6) is 0 Å². The van der Waals surface area contributed by atoms with Crippen LogP contribution in [0, 0.1) is 0 Å². The van der Waals surface area contributed by atoms with Crippen LogP contribution in [0.25, 0.3) is 0 Å². The van der Waals surface area contributed by atoms with E-state index < -0.39 is 5.60 Å². The molecule has 0 aliphatic heterocycles. The van der Waals surface area contributed by atoms with Crippen LogP contribution in [0.15, 0.2) is 29.3 Å². The van der Waals surface area contributed by atoms with Crippen molar-refractivity contribution in [2.45, 2.75) is 32.9 Å². The van der Waals surface area contributed by atoms with Gasteiger partial charge in [0.05, 0.1) is 0 Å². The summed E-state index contributed by atoms with van der Waals surface area (Å²) < 4.78 is 5.25. The number of ether oxygens (including phenoxy) is 1. The number of carbonyl (C=O) groups excluding carboxylic acids is 1. The van der Waals surface area contributed by atoms with Crippen molar-refractivity contribution < 1.29 is 9.53 Å². The van der Waals surface area contributed by atoms with Gasteiger partial charge in [-0.2, -0.15) is 0 Å². The smallest absolute Gasteiger partial charge is 0.325 e. The maximum absolute atomic E-state index is 11.7. The molecule has 0 atom stereocenters. The fraction of sp³-hybridized carbons (Fsp3) is 0.500. The van der Waals surface area contributed by atoms with E-state index in [1.807, 2.05) is 57.0 Å². The molecule has 0 aromatic heterocycles. The number of rotatable bonds is 4. The number of guanidine groups is 1.